The van der Waals surface area contributed by atoms with Gasteiger partial charge in [0.2, 0.25) is 0 Å². The molecule has 7 heteroatoms. The molecule has 0 heterocycles. The van der Waals surface area contributed by atoms with Gasteiger partial charge in [-0.3, -0.25) is 4.79 Å². The molecular weight excluding hydrogens is 371 g/mol. The van der Waals surface area contributed by atoms with Crippen LogP contribution in [0.4, 0.5) is 13.2 Å². The lowest BCUT2D eigenvalue weighted by atomic mass is 10.1. The SMILES string of the molecule is CC(CO)NC(=O)c1ccc2c(Oc3ccc(C(F)(F)F)cc3)cccc2c1. The Hall–Kier alpha value is -3.06. The maximum atomic E-state index is 12.7. The molecule has 0 radical (unpaired) electrons. The Morgan fingerprint density at radius 1 is 1.11 bits per heavy atom. The number of carbonyl (C=O) groups is 1. The van der Waals surface area contributed by atoms with Crippen molar-refractivity contribution in [2.24, 2.45) is 0 Å². The summed E-state index contributed by atoms with van der Waals surface area (Å²) in [5, 5.41) is 13.2. The van der Waals surface area contributed by atoms with Crippen molar-refractivity contribution in [2.75, 3.05) is 6.61 Å². The minimum atomic E-state index is -4.40. The van der Waals surface area contributed by atoms with Crippen molar-refractivity contribution in [1.29, 1.82) is 0 Å². The zero-order valence-electron chi connectivity index (χ0n) is 15.0. The molecule has 4 nitrogen and oxygen atoms in total. The van der Waals surface area contributed by atoms with E-state index in [4.69, 9.17) is 9.84 Å². The van der Waals surface area contributed by atoms with E-state index in [1.807, 2.05) is 0 Å². The van der Waals surface area contributed by atoms with Crippen LogP contribution in [0.2, 0.25) is 0 Å². The monoisotopic (exact) mass is 389 g/mol. The van der Waals surface area contributed by atoms with Gasteiger partial charge in [-0.25, -0.2) is 0 Å². The van der Waals surface area contributed by atoms with Crippen LogP contribution in [-0.2, 0) is 6.18 Å². The Bertz CT molecular complexity index is 984. The van der Waals surface area contributed by atoms with Crippen molar-refractivity contribution in [1.82, 2.24) is 5.32 Å². The average molecular weight is 389 g/mol. The van der Waals surface area contributed by atoms with Gasteiger partial charge in [-0.15, -0.1) is 0 Å². The van der Waals surface area contributed by atoms with Crippen molar-refractivity contribution < 1.29 is 27.8 Å². The molecule has 1 atom stereocenters. The third-order valence-corrected chi connectivity index (χ3v) is 4.16. The maximum absolute atomic E-state index is 12.7. The number of aliphatic hydroxyl groups is 1. The zero-order chi connectivity index (χ0) is 20.3. The molecule has 1 amide bonds. The molecule has 0 saturated heterocycles. The van der Waals surface area contributed by atoms with Crippen LogP contribution in [-0.4, -0.2) is 23.7 Å². The van der Waals surface area contributed by atoms with Crippen LogP contribution in [0.5, 0.6) is 11.5 Å². The number of hydrogen-bond donors (Lipinski definition) is 2. The second-order valence-electron chi connectivity index (χ2n) is 6.37. The number of nitrogens with one attached hydrogen (secondary N) is 1. The van der Waals surface area contributed by atoms with Crippen molar-refractivity contribution >= 4 is 16.7 Å². The molecule has 2 N–H and O–H groups in total. The zero-order valence-corrected chi connectivity index (χ0v) is 15.0. The molecule has 3 aromatic rings. The van der Waals surface area contributed by atoms with Crippen molar-refractivity contribution in [2.45, 2.75) is 19.1 Å². The van der Waals surface area contributed by atoms with Gasteiger partial charge in [0.15, 0.2) is 0 Å². The summed E-state index contributed by atoms with van der Waals surface area (Å²) in [6, 6.07) is 14.4. The number of aliphatic hydroxyl groups excluding tert-OH is 1. The number of carbonyl (C=O) groups excluding carboxylic acids is 1. The van der Waals surface area contributed by atoms with Gasteiger partial charge in [-0.2, -0.15) is 13.2 Å². The van der Waals surface area contributed by atoms with Crippen LogP contribution in [0.25, 0.3) is 10.8 Å². The highest BCUT2D eigenvalue weighted by Gasteiger charge is 2.30. The fraction of sp³-hybridized carbons (Fsp3) is 0.190. The number of hydrogen-bond acceptors (Lipinski definition) is 3. The van der Waals surface area contributed by atoms with Gasteiger partial charge in [-0.05, 0) is 60.8 Å². The lowest BCUT2D eigenvalue weighted by molar-refractivity contribution is -0.137. The third kappa shape index (κ3) is 4.43. The van der Waals surface area contributed by atoms with Crippen molar-refractivity contribution in [3.63, 3.8) is 0 Å². The van der Waals surface area contributed by atoms with Gasteiger partial charge >= 0.3 is 6.18 Å². The molecule has 0 saturated carbocycles. The molecule has 0 aliphatic heterocycles. The summed E-state index contributed by atoms with van der Waals surface area (Å²) in [7, 11) is 0. The molecule has 0 aromatic heterocycles. The Morgan fingerprint density at radius 2 is 1.82 bits per heavy atom. The molecule has 3 rings (SSSR count). The van der Waals surface area contributed by atoms with Gasteiger partial charge in [-0.1, -0.05) is 12.1 Å². The van der Waals surface area contributed by atoms with E-state index in [0.717, 1.165) is 17.5 Å². The standard InChI is InChI=1S/C21H18F3NO3/c1-13(12-26)25-20(27)15-5-10-18-14(11-15)3-2-4-19(18)28-17-8-6-16(7-9-17)21(22,23)24/h2-11,13,26H,12H2,1H3,(H,25,27). The number of ether oxygens (including phenoxy) is 1. The summed E-state index contributed by atoms with van der Waals surface area (Å²) >= 11 is 0. The van der Waals surface area contributed by atoms with Gasteiger partial charge < -0.3 is 15.2 Å². The van der Waals surface area contributed by atoms with E-state index < -0.39 is 11.7 Å². The Morgan fingerprint density at radius 3 is 2.46 bits per heavy atom. The van der Waals surface area contributed by atoms with Crippen LogP contribution in [0, 0.1) is 0 Å². The smallest absolute Gasteiger partial charge is 0.416 e. The number of alkyl halides is 3. The van der Waals surface area contributed by atoms with E-state index in [9.17, 15) is 18.0 Å². The van der Waals surface area contributed by atoms with Gasteiger partial charge in [0.25, 0.3) is 5.91 Å². The first-order valence-electron chi connectivity index (χ1n) is 8.57. The predicted octanol–water partition coefficient (Wildman–Crippen LogP) is 4.76. The molecule has 0 bridgehead atoms. The quantitative estimate of drug-likeness (QED) is 0.661. The minimum Gasteiger partial charge on any atom is -0.457 e. The summed E-state index contributed by atoms with van der Waals surface area (Å²) in [4.78, 5) is 12.2. The van der Waals surface area contributed by atoms with Crippen LogP contribution < -0.4 is 10.1 Å². The fourth-order valence-corrected chi connectivity index (χ4v) is 2.68. The highest BCUT2D eigenvalue weighted by atomic mass is 19.4. The van der Waals surface area contributed by atoms with E-state index in [1.165, 1.54) is 12.1 Å². The summed E-state index contributed by atoms with van der Waals surface area (Å²) in [6.07, 6.45) is -4.40. The number of benzene rings is 3. The Kier molecular flexibility index (Phi) is 5.56. The minimum absolute atomic E-state index is 0.162. The van der Waals surface area contributed by atoms with E-state index in [2.05, 4.69) is 5.32 Å². The fourth-order valence-electron chi connectivity index (χ4n) is 2.68. The Balaban J connectivity index is 1.85. The predicted molar refractivity (Wildman–Crippen MR) is 99.5 cm³/mol. The van der Waals surface area contributed by atoms with Crippen LogP contribution >= 0.6 is 0 Å². The number of fused-ring (bicyclic) bond motifs is 1. The topological polar surface area (TPSA) is 58.6 Å². The molecule has 0 aliphatic carbocycles. The molecule has 0 spiro atoms. The molecule has 0 aliphatic rings. The number of halogens is 3. The van der Waals surface area contributed by atoms with Crippen LogP contribution in [0.15, 0.2) is 60.7 Å². The van der Waals surface area contributed by atoms with E-state index in [-0.39, 0.29) is 24.3 Å². The van der Waals surface area contributed by atoms with Crippen LogP contribution in [0.3, 0.4) is 0 Å². The largest absolute Gasteiger partial charge is 0.457 e. The van der Waals surface area contributed by atoms with Crippen LogP contribution in [0.1, 0.15) is 22.8 Å². The number of amides is 1. The third-order valence-electron chi connectivity index (χ3n) is 4.16. The van der Waals surface area contributed by atoms with Gasteiger partial charge in [0.1, 0.15) is 11.5 Å². The average Bonchev–Trinajstić information content (AvgIpc) is 2.67. The highest BCUT2D eigenvalue weighted by molar-refractivity contribution is 6.00. The second kappa shape index (κ2) is 7.90. The Labute approximate surface area is 159 Å². The summed E-state index contributed by atoms with van der Waals surface area (Å²) in [6.45, 7) is 1.53. The summed E-state index contributed by atoms with van der Waals surface area (Å²) in [5.41, 5.74) is -0.315. The normalized spacial score (nSPS) is 12.6. The lowest BCUT2D eigenvalue weighted by Gasteiger charge is -2.13. The molecule has 1 unspecified atom stereocenters. The highest BCUT2D eigenvalue weighted by Crippen LogP contribution is 2.33. The summed E-state index contributed by atoms with van der Waals surface area (Å²) < 4.78 is 43.8. The molecule has 3 aromatic carbocycles. The number of rotatable bonds is 5. The van der Waals surface area contributed by atoms with E-state index in [1.54, 1.807) is 43.3 Å². The molecular formula is C21H18F3NO3. The molecule has 28 heavy (non-hydrogen) atoms. The van der Waals surface area contributed by atoms with Crippen molar-refractivity contribution in [3.05, 3.63) is 71.8 Å². The lowest BCUT2D eigenvalue weighted by Crippen LogP contribution is -2.34. The van der Waals surface area contributed by atoms with E-state index >= 15 is 0 Å². The van der Waals surface area contributed by atoms with Gasteiger partial charge in [0.05, 0.1) is 12.2 Å². The van der Waals surface area contributed by atoms with E-state index in [0.29, 0.717) is 16.7 Å². The summed E-state index contributed by atoms with van der Waals surface area (Å²) in [5.74, 6) is 0.435. The second-order valence-corrected chi connectivity index (χ2v) is 6.37. The van der Waals surface area contributed by atoms with Crippen molar-refractivity contribution in [3.8, 4) is 11.5 Å². The molecule has 146 valence electrons. The maximum Gasteiger partial charge on any atom is 0.416 e. The molecule has 0 fully saturated rings. The first-order valence-corrected chi connectivity index (χ1v) is 8.57. The first kappa shape index (κ1) is 19.7. The first-order chi connectivity index (χ1) is 13.3. The van der Waals surface area contributed by atoms with Gasteiger partial charge in [0, 0.05) is 17.0 Å².